The average Bonchev–Trinajstić information content (AvgIpc) is 2.03. The van der Waals surface area contributed by atoms with E-state index in [0.717, 1.165) is 5.56 Å². The Kier molecular flexibility index (Phi) is 3.04. The normalized spacial score (nSPS) is 13.4. The minimum Gasteiger partial charge on any atom is -0.324 e. The lowest BCUT2D eigenvalue weighted by atomic mass is 9.96. The fourth-order valence-corrected chi connectivity index (χ4v) is 1.26. The van der Waals surface area contributed by atoms with Crippen LogP contribution in [0.1, 0.15) is 31.0 Å². The van der Waals surface area contributed by atoms with E-state index in [0.29, 0.717) is 5.56 Å². The van der Waals surface area contributed by atoms with Crippen molar-refractivity contribution in [2.45, 2.75) is 26.8 Å². The molecule has 72 valence electrons. The molecule has 0 spiro atoms. The van der Waals surface area contributed by atoms with Gasteiger partial charge in [-0.3, -0.25) is 0 Å². The van der Waals surface area contributed by atoms with Crippen molar-refractivity contribution in [1.82, 2.24) is 0 Å². The predicted molar refractivity (Wildman–Crippen MR) is 52.9 cm³/mol. The van der Waals surface area contributed by atoms with E-state index in [1.54, 1.807) is 6.07 Å². The first kappa shape index (κ1) is 10.2. The molecule has 1 rings (SSSR count). The third-order valence-electron chi connectivity index (χ3n) is 2.23. The zero-order valence-corrected chi connectivity index (χ0v) is 8.34. The third kappa shape index (κ3) is 2.28. The van der Waals surface area contributed by atoms with Crippen LogP contribution >= 0.6 is 0 Å². The molecule has 0 radical (unpaired) electrons. The van der Waals surface area contributed by atoms with E-state index >= 15 is 0 Å². The Balaban J connectivity index is 3.01. The van der Waals surface area contributed by atoms with Crippen molar-refractivity contribution in [3.05, 3.63) is 35.1 Å². The molecule has 1 aromatic rings. The first-order chi connectivity index (χ1) is 6.02. The van der Waals surface area contributed by atoms with Crippen molar-refractivity contribution in [2.24, 2.45) is 11.7 Å². The van der Waals surface area contributed by atoms with Gasteiger partial charge < -0.3 is 5.73 Å². The lowest BCUT2D eigenvalue weighted by Crippen LogP contribution is -2.18. The lowest BCUT2D eigenvalue weighted by Gasteiger charge is -2.16. The topological polar surface area (TPSA) is 26.0 Å². The van der Waals surface area contributed by atoms with Gasteiger partial charge >= 0.3 is 0 Å². The second kappa shape index (κ2) is 3.88. The number of benzene rings is 1. The molecule has 1 unspecified atom stereocenters. The molecule has 2 heteroatoms. The van der Waals surface area contributed by atoms with Crippen LogP contribution in [-0.4, -0.2) is 0 Å². The van der Waals surface area contributed by atoms with E-state index in [9.17, 15) is 4.39 Å². The van der Waals surface area contributed by atoms with Gasteiger partial charge in [-0.1, -0.05) is 26.0 Å². The molecule has 2 N–H and O–H groups in total. The molecule has 0 bridgehead atoms. The number of halogens is 1. The van der Waals surface area contributed by atoms with Crippen LogP contribution in [0.2, 0.25) is 0 Å². The Labute approximate surface area is 78.8 Å². The lowest BCUT2D eigenvalue weighted by molar-refractivity contribution is 0.484. The Morgan fingerprint density at radius 3 is 2.38 bits per heavy atom. The highest BCUT2D eigenvalue weighted by Crippen LogP contribution is 2.22. The first-order valence-electron chi connectivity index (χ1n) is 4.54. The summed E-state index contributed by atoms with van der Waals surface area (Å²) in [4.78, 5) is 0. The van der Waals surface area contributed by atoms with Gasteiger partial charge in [0.05, 0.1) is 0 Å². The molecule has 1 atom stereocenters. The van der Waals surface area contributed by atoms with Gasteiger partial charge in [0.2, 0.25) is 0 Å². The summed E-state index contributed by atoms with van der Waals surface area (Å²) in [7, 11) is 0. The average molecular weight is 181 g/mol. The van der Waals surface area contributed by atoms with Crippen LogP contribution < -0.4 is 5.73 Å². The Morgan fingerprint density at radius 2 is 1.92 bits per heavy atom. The van der Waals surface area contributed by atoms with Crippen molar-refractivity contribution < 1.29 is 4.39 Å². The molecule has 13 heavy (non-hydrogen) atoms. The summed E-state index contributed by atoms with van der Waals surface area (Å²) in [5.74, 6) is 0.0680. The Hall–Kier alpha value is -0.890. The molecule has 0 heterocycles. The monoisotopic (exact) mass is 181 g/mol. The summed E-state index contributed by atoms with van der Waals surface area (Å²) in [6.45, 7) is 5.85. The van der Waals surface area contributed by atoms with Gasteiger partial charge in [0.15, 0.2) is 0 Å². The molecule has 0 aliphatic carbocycles. The number of hydrogen-bond acceptors (Lipinski definition) is 1. The van der Waals surface area contributed by atoms with Crippen LogP contribution in [0.5, 0.6) is 0 Å². The largest absolute Gasteiger partial charge is 0.324 e. The molecular formula is C11H16FN. The number of hydrogen-bond donors (Lipinski definition) is 1. The Bertz CT molecular complexity index is 294. The van der Waals surface area contributed by atoms with Gasteiger partial charge in [-0.25, -0.2) is 4.39 Å². The van der Waals surface area contributed by atoms with E-state index in [1.165, 1.54) is 6.07 Å². The smallest absolute Gasteiger partial charge is 0.128 e. The molecule has 0 aliphatic heterocycles. The molecule has 1 nitrogen and oxygen atoms in total. The van der Waals surface area contributed by atoms with Gasteiger partial charge in [-0.15, -0.1) is 0 Å². The zero-order chi connectivity index (χ0) is 10.0. The first-order valence-corrected chi connectivity index (χ1v) is 4.54. The van der Waals surface area contributed by atoms with E-state index in [4.69, 9.17) is 5.73 Å². The van der Waals surface area contributed by atoms with Gasteiger partial charge in [-0.2, -0.15) is 0 Å². The van der Waals surface area contributed by atoms with Gasteiger partial charge in [0.1, 0.15) is 5.82 Å². The number of aryl methyl sites for hydroxylation is 1. The maximum atomic E-state index is 13.4. The molecule has 1 aromatic carbocycles. The van der Waals surface area contributed by atoms with Crippen LogP contribution in [0.3, 0.4) is 0 Å². The maximum absolute atomic E-state index is 13.4. The van der Waals surface area contributed by atoms with Gasteiger partial charge in [-0.05, 0) is 24.5 Å². The predicted octanol–water partition coefficient (Wildman–Crippen LogP) is 2.79. The molecule has 0 fully saturated rings. The summed E-state index contributed by atoms with van der Waals surface area (Å²) < 4.78 is 13.4. The molecule has 0 amide bonds. The van der Waals surface area contributed by atoms with Gasteiger partial charge in [0.25, 0.3) is 0 Å². The van der Waals surface area contributed by atoms with Crippen molar-refractivity contribution in [2.75, 3.05) is 0 Å². The summed E-state index contributed by atoms with van der Waals surface area (Å²) in [5, 5.41) is 0. The van der Waals surface area contributed by atoms with E-state index in [2.05, 4.69) is 0 Å². The summed E-state index contributed by atoms with van der Waals surface area (Å²) in [6, 6.07) is 4.98. The number of nitrogens with two attached hydrogens (primary N) is 1. The minimum absolute atomic E-state index is 0.193. The standard InChI is InChI=1S/C11H16FN/c1-7(2)11(13)9-5-4-8(3)6-10(9)12/h4-7,11H,13H2,1-3H3. The van der Waals surface area contributed by atoms with Crippen LogP contribution in [0.15, 0.2) is 18.2 Å². The maximum Gasteiger partial charge on any atom is 0.128 e. The minimum atomic E-state index is -0.208. The highest BCUT2D eigenvalue weighted by molar-refractivity contribution is 5.26. The molecule has 0 aliphatic rings. The highest BCUT2D eigenvalue weighted by atomic mass is 19.1. The summed E-state index contributed by atoms with van der Waals surface area (Å²) in [6.07, 6.45) is 0. The fraction of sp³-hybridized carbons (Fsp3) is 0.455. The van der Waals surface area contributed by atoms with Crippen LogP contribution in [-0.2, 0) is 0 Å². The highest BCUT2D eigenvalue weighted by Gasteiger charge is 2.14. The van der Waals surface area contributed by atoms with E-state index < -0.39 is 0 Å². The molecule has 0 saturated carbocycles. The zero-order valence-electron chi connectivity index (χ0n) is 8.34. The molecule has 0 saturated heterocycles. The molecule has 0 aromatic heterocycles. The second-order valence-corrected chi connectivity index (χ2v) is 3.79. The summed E-state index contributed by atoms with van der Waals surface area (Å²) >= 11 is 0. The Morgan fingerprint density at radius 1 is 1.31 bits per heavy atom. The third-order valence-corrected chi connectivity index (χ3v) is 2.23. The van der Waals surface area contributed by atoms with Crippen molar-refractivity contribution >= 4 is 0 Å². The second-order valence-electron chi connectivity index (χ2n) is 3.79. The SMILES string of the molecule is Cc1ccc(C(N)C(C)C)c(F)c1. The van der Waals surface area contributed by atoms with Crippen LogP contribution in [0.4, 0.5) is 4.39 Å². The van der Waals surface area contributed by atoms with Crippen molar-refractivity contribution in [3.8, 4) is 0 Å². The fourth-order valence-electron chi connectivity index (χ4n) is 1.26. The van der Waals surface area contributed by atoms with Gasteiger partial charge in [0, 0.05) is 11.6 Å². The van der Waals surface area contributed by atoms with E-state index in [-0.39, 0.29) is 17.8 Å². The van der Waals surface area contributed by atoms with Crippen LogP contribution in [0.25, 0.3) is 0 Å². The van der Waals surface area contributed by atoms with Crippen molar-refractivity contribution in [3.63, 3.8) is 0 Å². The molecular weight excluding hydrogens is 165 g/mol. The number of rotatable bonds is 2. The quantitative estimate of drug-likeness (QED) is 0.746. The van der Waals surface area contributed by atoms with Crippen molar-refractivity contribution in [1.29, 1.82) is 0 Å². The van der Waals surface area contributed by atoms with Crippen LogP contribution in [0, 0.1) is 18.7 Å². The summed E-state index contributed by atoms with van der Waals surface area (Å²) in [5.41, 5.74) is 7.39. The van der Waals surface area contributed by atoms with E-state index in [1.807, 2.05) is 26.8 Å².